The van der Waals surface area contributed by atoms with Gasteiger partial charge in [0.2, 0.25) is 0 Å². The first-order valence-corrected chi connectivity index (χ1v) is 7.93. The van der Waals surface area contributed by atoms with Crippen LogP contribution in [-0.2, 0) is 14.3 Å². The molecule has 0 aliphatic carbocycles. The van der Waals surface area contributed by atoms with Gasteiger partial charge in [0.15, 0.2) is 0 Å². The summed E-state index contributed by atoms with van der Waals surface area (Å²) >= 11 is -0.691. The van der Waals surface area contributed by atoms with Gasteiger partial charge in [-0.05, 0) is 0 Å². The number of esters is 1. The number of hydrogen-bond donors (Lipinski definition) is 0. The van der Waals surface area contributed by atoms with Crippen LogP contribution in [0.3, 0.4) is 0 Å². The van der Waals surface area contributed by atoms with E-state index < -0.39 is 21.6 Å². The molecule has 0 fully saturated rings. The molecular formula is C13H23GeNO6. The Kier molecular flexibility index (Phi) is 15.9. The molecule has 0 unspecified atom stereocenters. The summed E-state index contributed by atoms with van der Waals surface area (Å²) < 4.78 is 7.73. The van der Waals surface area contributed by atoms with Gasteiger partial charge in [-0.25, -0.2) is 0 Å². The molecule has 1 aromatic rings. The van der Waals surface area contributed by atoms with Crippen LogP contribution >= 0.6 is 0 Å². The van der Waals surface area contributed by atoms with Gasteiger partial charge in [-0.15, -0.1) is 0 Å². The van der Waals surface area contributed by atoms with Crippen molar-refractivity contribution in [2.24, 2.45) is 0 Å². The molecular weight excluding hydrogens is 339 g/mol. The molecule has 8 heteroatoms. The Morgan fingerprint density at radius 3 is 2.14 bits per heavy atom. The van der Waals surface area contributed by atoms with Crippen molar-refractivity contribution in [3.8, 4) is 0 Å². The largest absolute Gasteiger partial charge is 0.412 e. The van der Waals surface area contributed by atoms with Crippen LogP contribution < -0.4 is 4.40 Å². The summed E-state index contributed by atoms with van der Waals surface area (Å²) in [6.07, 6.45) is -0.155. The van der Waals surface area contributed by atoms with Crippen molar-refractivity contribution in [3.63, 3.8) is 0 Å². The third kappa shape index (κ3) is 9.19. The van der Waals surface area contributed by atoms with Crippen molar-refractivity contribution in [2.45, 2.75) is 20.3 Å². The van der Waals surface area contributed by atoms with Crippen LogP contribution in [0, 0.1) is 0 Å². The van der Waals surface area contributed by atoms with E-state index in [0.29, 0.717) is 13.2 Å². The second-order valence-electron chi connectivity index (χ2n) is 3.60. The van der Waals surface area contributed by atoms with E-state index in [9.17, 15) is 9.59 Å². The Bertz CT molecular complexity index is 401. The number of rotatable bonds is 6. The first-order chi connectivity index (χ1) is 8.67. The van der Waals surface area contributed by atoms with Crippen molar-refractivity contribution in [2.75, 3.05) is 13.2 Å². The summed E-state index contributed by atoms with van der Waals surface area (Å²) in [6.45, 7) is 4.60. The van der Waals surface area contributed by atoms with Gasteiger partial charge in [-0.3, -0.25) is 0 Å². The van der Waals surface area contributed by atoms with Crippen LogP contribution in [0.5, 0.6) is 0 Å². The number of ether oxygens (including phenoxy) is 1. The number of hydrogen-bond acceptors (Lipinski definition) is 3. The number of carbonyl (C=O) groups is 2. The van der Waals surface area contributed by atoms with Crippen molar-refractivity contribution >= 4 is 31.9 Å². The predicted molar refractivity (Wildman–Crippen MR) is 81.3 cm³/mol. The van der Waals surface area contributed by atoms with Crippen LogP contribution in [-0.4, -0.2) is 61.0 Å². The molecule has 0 aliphatic rings. The summed E-state index contributed by atoms with van der Waals surface area (Å²) in [5.74, 6) is -0.583. The Hall–Kier alpha value is -1.42. The van der Waals surface area contributed by atoms with Crippen LogP contribution in [0.4, 0.5) is 0 Å². The second-order valence-corrected chi connectivity index (χ2v) is 6.41. The van der Waals surface area contributed by atoms with E-state index in [4.69, 9.17) is 4.74 Å². The normalized spacial score (nSPS) is 8.48. The van der Waals surface area contributed by atoms with Crippen LogP contribution in [0.1, 0.15) is 20.3 Å². The Balaban J connectivity index is -0.00000108. The third-order valence-electron chi connectivity index (χ3n) is 2.26. The minimum absolute atomic E-state index is 0. The quantitative estimate of drug-likeness (QED) is 0.337. The summed E-state index contributed by atoms with van der Waals surface area (Å²) in [6, 6.07) is 9.90. The van der Waals surface area contributed by atoms with Gasteiger partial charge < -0.3 is 16.4 Å². The number of nitrogens with zero attached hydrogens (tertiary/aromatic N) is 1. The molecule has 0 saturated carbocycles. The Labute approximate surface area is 130 Å². The van der Waals surface area contributed by atoms with Gasteiger partial charge in [0.1, 0.15) is 0 Å². The average Bonchev–Trinajstić information content (AvgIpc) is 2.37. The predicted octanol–water partition coefficient (Wildman–Crippen LogP) is -1.74. The molecule has 0 heterocycles. The molecule has 0 bridgehead atoms. The Morgan fingerprint density at radius 1 is 1.10 bits per heavy atom. The zero-order chi connectivity index (χ0) is 13.4. The van der Waals surface area contributed by atoms with Gasteiger partial charge in [0.05, 0.1) is 0 Å². The maximum atomic E-state index is 11.9. The van der Waals surface area contributed by atoms with Crippen LogP contribution in [0.15, 0.2) is 30.3 Å². The first kappa shape index (κ1) is 24.6. The van der Waals surface area contributed by atoms with E-state index in [1.807, 2.05) is 37.3 Å². The van der Waals surface area contributed by atoms with Crippen LogP contribution in [0.25, 0.3) is 0 Å². The smallest absolute Gasteiger partial charge is 0.412 e. The number of benzene rings is 1. The number of carbonyl (C=O) groups excluding carboxylic acids is 2. The monoisotopic (exact) mass is 363 g/mol. The van der Waals surface area contributed by atoms with E-state index in [0.717, 1.165) is 0 Å². The van der Waals surface area contributed by atoms with E-state index in [2.05, 4.69) is 0 Å². The molecule has 21 heavy (non-hydrogen) atoms. The molecule has 0 aromatic heterocycles. The topological polar surface area (TPSA) is 141 Å². The first-order valence-electron chi connectivity index (χ1n) is 5.95. The van der Waals surface area contributed by atoms with Crippen molar-refractivity contribution in [1.82, 2.24) is 3.86 Å². The SMILES string of the molecule is CCOC(=O)CC(=O)[N](CC)[Ge][c]1ccccc1.O.O.O. The van der Waals surface area contributed by atoms with E-state index in [-0.39, 0.29) is 28.8 Å². The summed E-state index contributed by atoms with van der Waals surface area (Å²) in [7, 11) is 0. The Morgan fingerprint density at radius 2 is 1.67 bits per heavy atom. The molecule has 0 atom stereocenters. The minimum Gasteiger partial charge on any atom is -0.412 e. The summed E-state index contributed by atoms with van der Waals surface area (Å²) in [5, 5.41) is 0. The molecule has 120 valence electrons. The van der Waals surface area contributed by atoms with Crippen molar-refractivity contribution in [3.05, 3.63) is 30.3 Å². The average molecular weight is 362 g/mol. The fourth-order valence-corrected chi connectivity index (χ4v) is 3.55. The van der Waals surface area contributed by atoms with Crippen molar-refractivity contribution < 1.29 is 30.8 Å². The van der Waals surface area contributed by atoms with E-state index in [1.165, 1.54) is 4.40 Å². The molecule has 0 aliphatic heterocycles. The minimum atomic E-state index is -0.691. The molecule has 1 aromatic carbocycles. The summed E-state index contributed by atoms with van der Waals surface area (Å²) in [5.41, 5.74) is 0. The molecule has 2 radical (unpaired) electrons. The van der Waals surface area contributed by atoms with Gasteiger partial charge in [0, 0.05) is 0 Å². The van der Waals surface area contributed by atoms with E-state index in [1.54, 1.807) is 10.8 Å². The fourth-order valence-electron chi connectivity index (χ4n) is 1.42. The third-order valence-corrected chi connectivity index (χ3v) is 5.25. The molecule has 6 N–H and O–H groups in total. The zero-order valence-electron chi connectivity index (χ0n) is 12.2. The van der Waals surface area contributed by atoms with Gasteiger partial charge in [0.25, 0.3) is 0 Å². The zero-order valence-corrected chi connectivity index (χ0v) is 14.3. The molecule has 0 saturated heterocycles. The van der Waals surface area contributed by atoms with E-state index >= 15 is 0 Å². The number of amides is 1. The maximum Gasteiger partial charge on any atom is -0.412 e. The standard InChI is InChI=1S/C13H17GeNO3.3H2O/c1-3-15(12(16)10-13(17)18-4-2)14-11-8-6-5-7-9-11;;;/h5-9H,3-4,10H2,1-2H3;3*1H2. The molecule has 7 nitrogen and oxygen atoms in total. The van der Waals surface area contributed by atoms with Gasteiger partial charge in [-0.1, -0.05) is 0 Å². The van der Waals surface area contributed by atoms with Crippen molar-refractivity contribution in [1.29, 1.82) is 0 Å². The fraction of sp³-hybridized carbons (Fsp3) is 0.385. The van der Waals surface area contributed by atoms with Crippen LogP contribution in [0.2, 0.25) is 0 Å². The molecule has 1 rings (SSSR count). The van der Waals surface area contributed by atoms with Gasteiger partial charge >= 0.3 is 114 Å². The second kappa shape index (κ2) is 13.6. The maximum absolute atomic E-state index is 11.9. The molecule has 0 spiro atoms. The van der Waals surface area contributed by atoms with Gasteiger partial charge in [-0.2, -0.15) is 0 Å². The summed E-state index contributed by atoms with van der Waals surface area (Å²) in [4.78, 5) is 23.2. The molecule has 1 amide bonds.